The van der Waals surface area contributed by atoms with Gasteiger partial charge in [-0.25, -0.2) is 0 Å². The van der Waals surface area contributed by atoms with Crippen LogP contribution in [0.25, 0.3) is 0 Å². The number of hydrogen-bond acceptors (Lipinski definition) is 5. The molecule has 2 atom stereocenters. The van der Waals surface area contributed by atoms with Crippen LogP contribution in [0.1, 0.15) is 12.0 Å². The highest BCUT2D eigenvalue weighted by atomic mass is 16.3. The number of aliphatic hydroxyl groups excluding tert-OH is 1. The largest absolute Gasteiger partial charge is 0.382 e. The van der Waals surface area contributed by atoms with E-state index in [1.165, 1.54) is 0 Å². The first-order valence-electron chi connectivity index (χ1n) is 9.20. The summed E-state index contributed by atoms with van der Waals surface area (Å²) in [5, 5.41) is 13.0. The lowest BCUT2D eigenvalue weighted by atomic mass is 10.0. The van der Waals surface area contributed by atoms with Gasteiger partial charge in [0.25, 0.3) is 5.91 Å². The molecular weight excluding hydrogens is 344 g/mol. The molecule has 0 saturated carbocycles. The molecule has 0 radical (unpaired) electrons. The minimum absolute atomic E-state index is 0.127. The molecule has 146 valence electrons. The summed E-state index contributed by atoms with van der Waals surface area (Å²) >= 11 is 0. The second kappa shape index (κ2) is 10.7. The van der Waals surface area contributed by atoms with Gasteiger partial charge in [-0.15, -0.1) is 6.42 Å². The van der Waals surface area contributed by atoms with E-state index in [2.05, 4.69) is 11.2 Å². The average molecular weight is 372 g/mol. The number of aliphatic hydroxyl groups is 1. The summed E-state index contributed by atoms with van der Waals surface area (Å²) < 4.78 is 0. The quantitative estimate of drug-likeness (QED) is 0.545. The zero-order chi connectivity index (χ0) is 19.6. The van der Waals surface area contributed by atoms with Crippen molar-refractivity contribution in [2.24, 2.45) is 5.73 Å². The summed E-state index contributed by atoms with van der Waals surface area (Å²) in [5.41, 5.74) is 7.04. The van der Waals surface area contributed by atoms with Crippen LogP contribution < -0.4 is 11.1 Å². The molecular formula is C20H28N4O3. The summed E-state index contributed by atoms with van der Waals surface area (Å²) in [4.78, 5) is 28.0. The molecule has 0 aliphatic carbocycles. The predicted octanol–water partition coefficient (Wildman–Crippen LogP) is -0.799. The number of nitrogens with one attached hydrogen (secondary N) is 1. The van der Waals surface area contributed by atoms with Gasteiger partial charge < -0.3 is 21.1 Å². The molecule has 0 spiro atoms. The molecule has 1 heterocycles. The lowest BCUT2D eigenvalue weighted by molar-refractivity contribution is -0.141. The van der Waals surface area contributed by atoms with E-state index < -0.39 is 12.1 Å². The van der Waals surface area contributed by atoms with Gasteiger partial charge in [-0.2, -0.15) is 0 Å². The van der Waals surface area contributed by atoms with Crippen LogP contribution in [0.4, 0.5) is 0 Å². The van der Waals surface area contributed by atoms with Crippen molar-refractivity contribution < 1.29 is 14.7 Å². The lowest BCUT2D eigenvalue weighted by Crippen LogP contribution is -2.50. The Balaban J connectivity index is 1.83. The summed E-state index contributed by atoms with van der Waals surface area (Å²) in [6, 6.07) is 8.90. The molecule has 2 amide bonds. The van der Waals surface area contributed by atoms with Crippen LogP contribution in [-0.2, 0) is 16.0 Å². The van der Waals surface area contributed by atoms with Crippen molar-refractivity contribution in [1.29, 1.82) is 0 Å². The fourth-order valence-corrected chi connectivity index (χ4v) is 3.13. The van der Waals surface area contributed by atoms with Crippen molar-refractivity contribution in [2.75, 3.05) is 39.3 Å². The Bertz CT molecular complexity index is 659. The van der Waals surface area contributed by atoms with E-state index in [9.17, 15) is 14.7 Å². The highest BCUT2D eigenvalue weighted by molar-refractivity contribution is 5.81. The fourth-order valence-electron chi connectivity index (χ4n) is 3.13. The molecule has 7 nitrogen and oxygen atoms in total. The third kappa shape index (κ3) is 6.68. The average Bonchev–Trinajstić information content (AvgIpc) is 2.91. The topological polar surface area (TPSA) is 98.9 Å². The number of nitrogens with two attached hydrogens (primary N) is 1. The number of nitrogens with zero attached hydrogens (tertiary/aromatic N) is 2. The Kier molecular flexibility index (Phi) is 8.27. The van der Waals surface area contributed by atoms with Crippen molar-refractivity contribution in [3.05, 3.63) is 35.9 Å². The van der Waals surface area contributed by atoms with Crippen LogP contribution in [0.3, 0.4) is 0 Å². The van der Waals surface area contributed by atoms with E-state index in [0.717, 1.165) is 12.0 Å². The number of terminal acetylenes is 1. The molecule has 0 aromatic heterocycles. The van der Waals surface area contributed by atoms with Crippen LogP contribution >= 0.6 is 0 Å². The molecule has 1 saturated heterocycles. The van der Waals surface area contributed by atoms with Gasteiger partial charge in [0.2, 0.25) is 5.91 Å². The van der Waals surface area contributed by atoms with Crippen LogP contribution in [0.5, 0.6) is 0 Å². The minimum atomic E-state index is -1.24. The first-order valence-corrected chi connectivity index (χ1v) is 9.20. The van der Waals surface area contributed by atoms with Gasteiger partial charge >= 0.3 is 0 Å². The van der Waals surface area contributed by atoms with Crippen LogP contribution in [0.2, 0.25) is 0 Å². The maximum absolute atomic E-state index is 12.6. The van der Waals surface area contributed by atoms with Crippen molar-refractivity contribution in [2.45, 2.75) is 25.0 Å². The predicted molar refractivity (Wildman–Crippen MR) is 104 cm³/mol. The summed E-state index contributed by atoms with van der Waals surface area (Å²) in [5.74, 6) is 1.89. The van der Waals surface area contributed by atoms with E-state index in [4.69, 9.17) is 12.2 Å². The number of carbonyl (C=O) groups is 2. The van der Waals surface area contributed by atoms with E-state index in [-0.39, 0.29) is 24.9 Å². The van der Waals surface area contributed by atoms with Crippen molar-refractivity contribution in [3.63, 3.8) is 0 Å². The van der Waals surface area contributed by atoms with Crippen molar-refractivity contribution in [1.82, 2.24) is 15.1 Å². The number of carbonyl (C=O) groups excluding carboxylic acids is 2. The van der Waals surface area contributed by atoms with Crippen molar-refractivity contribution >= 4 is 11.8 Å². The molecule has 1 fully saturated rings. The minimum Gasteiger partial charge on any atom is -0.382 e. The number of benzene rings is 1. The molecule has 0 bridgehead atoms. The molecule has 1 aliphatic heterocycles. The maximum Gasteiger partial charge on any atom is 0.253 e. The Morgan fingerprint density at radius 2 is 1.96 bits per heavy atom. The van der Waals surface area contributed by atoms with E-state index in [1.807, 2.05) is 35.2 Å². The van der Waals surface area contributed by atoms with Gasteiger partial charge in [0, 0.05) is 32.2 Å². The Hall–Kier alpha value is -2.40. The molecule has 7 heteroatoms. The number of amides is 2. The normalized spacial score (nSPS) is 17.4. The van der Waals surface area contributed by atoms with Crippen LogP contribution in [0.15, 0.2) is 30.3 Å². The van der Waals surface area contributed by atoms with Gasteiger partial charge in [0.15, 0.2) is 0 Å². The Morgan fingerprint density at radius 3 is 2.67 bits per heavy atom. The van der Waals surface area contributed by atoms with Crippen LogP contribution in [-0.4, -0.2) is 78.1 Å². The fraction of sp³-hybridized carbons (Fsp3) is 0.500. The third-order valence-corrected chi connectivity index (χ3v) is 4.63. The van der Waals surface area contributed by atoms with E-state index in [1.54, 1.807) is 4.90 Å². The van der Waals surface area contributed by atoms with E-state index >= 15 is 0 Å². The zero-order valence-electron chi connectivity index (χ0n) is 15.5. The summed E-state index contributed by atoms with van der Waals surface area (Å²) in [6.07, 6.45) is 5.06. The highest BCUT2D eigenvalue weighted by Crippen LogP contribution is 2.10. The zero-order valence-corrected chi connectivity index (χ0v) is 15.5. The molecule has 4 N–H and O–H groups in total. The standard InChI is InChI=1S/C20H28N4O3/c1-2-9-22-18(25)15-23-10-6-11-24(13-12-23)20(27)19(26)17(21)14-16-7-4-3-5-8-16/h1,3-5,7-8,17,19,26H,6,9-15,21H2,(H,22,25)/t17-,19?/m0/s1. The lowest BCUT2D eigenvalue weighted by Gasteiger charge is -2.26. The molecule has 1 aliphatic rings. The maximum atomic E-state index is 12.6. The van der Waals surface area contributed by atoms with Gasteiger partial charge in [-0.05, 0) is 18.4 Å². The SMILES string of the molecule is C#CCNC(=O)CN1CCCN(C(=O)C(O)[C@@H](N)Cc2ccccc2)CC1. The molecule has 1 aromatic carbocycles. The molecule has 1 aromatic rings. The smallest absolute Gasteiger partial charge is 0.253 e. The van der Waals surface area contributed by atoms with Crippen LogP contribution in [0, 0.1) is 12.3 Å². The van der Waals surface area contributed by atoms with Gasteiger partial charge in [-0.3, -0.25) is 14.5 Å². The first-order chi connectivity index (χ1) is 13.0. The first kappa shape index (κ1) is 20.9. The molecule has 27 heavy (non-hydrogen) atoms. The van der Waals surface area contributed by atoms with Gasteiger partial charge in [0.1, 0.15) is 6.10 Å². The third-order valence-electron chi connectivity index (χ3n) is 4.63. The van der Waals surface area contributed by atoms with Gasteiger partial charge in [0.05, 0.1) is 13.1 Å². The monoisotopic (exact) mass is 372 g/mol. The van der Waals surface area contributed by atoms with Crippen molar-refractivity contribution in [3.8, 4) is 12.3 Å². The number of hydrogen-bond donors (Lipinski definition) is 3. The molecule has 2 rings (SSSR count). The summed E-state index contributed by atoms with van der Waals surface area (Å²) in [7, 11) is 0. The Morgan fingerprint density at radius 1 is 1.22 bits per heavy atom. The second-order valence-corrected chi connectivity index (χ2v) is 6.73. The highest BCUT2D eigenvalue weighted by Gasteiger charge is 2.29. The second-order valence-electron chi connectivity index (χ2n) is 6.73. The Labute approximate surface area is 160 Å². The number of rotatable bonds is 7. The van der Waals surface area contributed by atoms with Gasteiger partial charge in [-0.1, -0.05) is 36.3 Å². The summed E-state index contributed by atoms with van der Waals surface area (Å²) in [6.45, 7) is 2.73. The molecule has 1 unspecified atom stereocenters. The van der Waals surface area contributed by atoms with E-state index in [0.29, 0.717) is 32.6 Å².